The number of aromatic nitrogens is 2. The molecule has 0 amide bonds. The van der Waals surface area contributed by atoms with Crippen LogP contribution in [-0.4, -0.2) is 14.7 Å². The third-order valence-corrected chi connectivity index (χ3v) is 4.51. The highest BCUT2D eigenvalue weighted by molar-refractivity contribution is 7.98. The summed E-state index contributed by atoms with van der Waals surface area (Å²) in [6.45, 7) is 7.38. The lowest BCUT2D eigenvalue weighted by Gasteiger charge is -2.09. The number of hydrogen-bond donors (Lipinski definition) is 1. The summed E-state index contributed by atoms with van der Waals surface area (Å²) in [5, 5.41) is 10.3. The fraction of sp³-hybridized carbons (Fsp3) is 0.438. The Hall–Kier alpha value is -1.26. The molecule has 1 aromatic carbocycles. The molecule has 0 radical (unpaired) electrons. The van der Waals surface area contributed by atoms with E-state index in [9.17, 15) is 5.11 Å². The molecule has 1 aromatic heterocycles. The van der Waals surface area contributed by atoms with Crippen LogP contribution in [0.5, 0.6) is 0 Å². The Morgan fingerprint density at radius 3 is 2.70 bits per heavy atom. The van der Waals surface area contributed by atoms with Crippen molar-refractivity contribution in [1.82, 2.24) is 9.55 Å². The van der Waals surface area contributed by atoms with Gasteiger partial charge in [0.15, 0.2) is 5.16 Å². The maximum atomic E-state index is 9.34. The Morgan fingerprint density at radius 2 is 2.05 bits per heavy atom. The molecule has 20 heavy (non-hydrogen) atoms. The number of thioether (sulfide) groups is 1. The van der Waals surface area contributed by atoms with Crippen molar-refractivity contribution in [2.75, 3.05) is 0 Å². The summed E-state index contributed by atoms with van der Waals surface area (Å²) in [6.07, 6.45) is 2.82. The molecule has 1 heterocycles. The molecule has 0 spiro atoms. The zero-order valence-electron chi connectivity index (χ0n) is 12.4. The largest absolute Gasteiger partial charge is 0.390 e. The monoisotopic (exact) mass is 290 g/mol. The van der Waals surface area contributed by atoms with E-state index in [1.807, 2.05) is 0 Å². The van der Waals surface area contributed by atoms with E-state index in [0.717, 1.165) is 29.6 Å². The minimum Gasteiger partial charge on any atom is -0.390 e. The summed E-state index contributed by atoms with van der Waals surface area (Å²) in [7, 11) is 0. The number of aliphatic hydroxyl groups is 1. The fourth-order valence-electron chi connectivity index (χ4n) is 2.14. The van der Waals surface area contributed by atoms with Crippen LogP contribution in [0.15, 0.2) is 29.6 Å². The molecular weight excluding hydrogens is 268 g/mol. The van der Waals surface area contributed by atoms with Gasteiger partial charge >= 0.3 is 0 Å². The zero-order valence-corrected chi connectivity index (χ0v) is 13.2. The van der Waals surface area contributed by atoms with Crippen LogP contribution in [0.2, 0.25) is 0 Å². The van der Waals surface area contributed by atoms with E-state index in [0.29, 0.717) is 0 Å². The van der Waals surface area contributed by atoms with Gasteiger partial charge in [0.05, 0.1) is 18.5 Å². The first-order chi connectivity index (χ1) is 9.65. The molecule has 0 aliphatic rings. The first-order valence-electron chi connectivity index (χ1n) is 7.00. The van der Waals surface area contributed by atoms with Crippen molar-refractivity contribution in [3.05, 3.63) is 46.8 Å². The molecule has 0 bridgehead atoms. The average Bonchev–Trinajstić information content (AvgIpc) is 2.83. The van der Waals surface area contributed by atoms with Crippen LogP contribution < -0.4 is 0 Å². The van der Waals surface area contributed by atoms with Gasteiger partial charge in [-0.2, -0.15) is 0 Å². The molecular formula is C16H22N2OS. The number of hydrogen-bond acceptors (Lipinski definition) is 3. The van der Waals surface area contributed by atoms with Gasteiger partial charge < -0.3 is 9.67 Å². The highest BCUT2D eigenvalue weighted by atomic mass is 32.2. The van der Waals surface area contributed by atoms with E-state index in [4.69, 9.17) is 0 Å². The van der Waals surface area contributed by atoms with Crippen molar-refractivity contribution in [3.8, 4) is 0 Å². The van der Waals surface area contributed by atoms with E-state index in [1.54, 1.807) is 18.0 Å². The molecule has 0 aliphatic carbocycles. The molecule has 2 rings (SSSR count). The second-order valence-electron chi connectivity index (χ2n) is 5.05. The maximum Gasteiger partial charge on any atom is 0.168 e. The summed E-state index contributed by atoms with van der Waals surface area (Å²) in [5.74, 6) is 0.909. The summed E-state index contributed by atoms with van der Waals surface area (Å²) in [6, 6.07) is 6.58. The lowest BCUT2D eigenvalue weighted by molar-refractivity contribution is 0.269. The molecule has 4 heteroatoms. The number of aliphatic hydroxyl groups excluding tert-OH is 1. The van der Waals surface area contributed by atoms with Gasteiger partial charge in [-0.1, -0.05) is 36.9 Å². The van der Waals surface area contributed by atoms with Crippen LogP contribution in [0.1, 0.15) is 35.7 Å². The number of rotatable bonds is 6. The number of imidazole rings is 1. The summed E-state index contributed by atoms with van der Waals surface area (Å²) < 4.78 is 2.12. The first-order valence-corrected chi connectivity index (χ1v) is 7.98. The van der Waals surface area contributed by atoms with E-state index in [1.165, 1.54) is 16.7 Å². The van der Waals surface area contributed by atoms with Crippen LogP contribution in [0.4, 0.5) is 0 Å². The number of aryl methyl sites for hydroxylation is 2. The predicted molar refractivity (Wildman–Crippen MR) is 83.9 cm³/mol. The Balaban J connectivity index is 2.10. The molecule has 0 saturated carbocycles. The summed E-state index contributed by atoms with van der Waals surface area (Å²) in [4.78, 5) is 4.43. The number of benzene rings is 1. The van der Waals surface area contributed by atoms with Crippen molar-refractivity contribution >= 4 is 11.8 Å². The van der Waals surface area contributed by atoms with Crippen molar-refractivity contribution in [2.24, 2.45) is 0 Å². The predicted octanol–water partition coefficient (Wildman–Crippen LogP) is 3.69. The fourth-order valence-corrected chi connectivity index (χ4v) is 3.10. The maximum absolute atomic E-state index is 9.34. The third kappa shape index (κ3) is 3.44. The molecule has 0 saturated heterocycles. The van der Waals surface area contributed by atoms with Gasteiger partial charge in [-0.3, -0.25) is 0 Å². The second-order valence-corrected chi connectivity index (χ2v) is 5.99. The second kappa shape index (κ2) is 6.95. The SMILES string of the molecule is CCCn1c(CO)cnc1SCc1ccc(C)c(C)c1. The molecule has 0 atom stereocenters. The van der Waals surface area contributed by atoms with Crippen LogP contribution in [0.25, 0.3) is 0 Å². The summed E-state index contributed by atoms with van der Waals surface area (Å²) >= 11 is 1.73. The van der Waals surface area contributed by atoms with E-state index >= 15 is 0 Å². The number of nitrogens with zero attached hydrogens (tertiary/aromatic N) is 2. The zero-order chi connectivity index (χ0) is 14.5. The van der Waals surface area contributed by atoms with E-state index < -0.39 is 0 Å². The van der Waals surface area contributed by atoms with Crippen molar-refractivity contribution in [3.63, 3.8) is 0 Å². The lowest BCUT2D eigenvalue weighted by atomic mass is 10.1. The molecule has 0 aliphatic heterocycles. The van der Waals surface area contributed by atoms with Gasteiger partial charge in [-0.15, -0.1) is 0 Å². The molecule has 3 nitrogen and oxygen atoms in total. The minimum atomic E-state index is 0.0528. The van der Waals surface area contributed by atoms with E-state index in [-0.39, 0.29) is 6.61 Å². The first kappa shape index (κ1) is 15.1. The smallest absolute Gasteiger partial charge is 0.168 e. The van der Waals surface area contributed by atoms with Crippen LogP contribution in [-0.2, 0) is 18.9 Å². The van der Waals surface area contributed by atoms with Crippen molar-refractivity contribution in [2.45, 2.75) is 51.3 Å². The van der Waals surface area contributed by atoms with E-state index in [2.05, 4.69) is 48.5 Å². The summed E-state index contributed by atoms with van der Waals surface area (Å²) in [5.41, 5.74) is 4.87. The molecule has 1 N–H and O–H groups in total. The van der Waals surface area contributed by atoms with Crippen LogP contribution in [0, 0.1) is 13.8 Å². The molecule has 0 unspecified atom stereocenters. The van der Waals surface area contributed by atoms with Gasteiger partial charge in [-0.25, -0.2) is 4.98 Å². The van der Waals surface area contributed by atoms with Crippen molar-refractivity contribution in [1.29, 1.82) is 0 Å². The van der Waals surface area contributed by atoms with Gasteiger partial charge in [0.2, 0.25) is 0 Å². The Labute approximate surface area is 125 Å². The van der Waals surface area contributed by atoms with Gasteiger partial charge in [0.1, 0.15) is 0 Å². The minimum absolute atomic E-state index is 0.0528. The standard InChI is InChI=1S/C16H22N2OS/c1-4-7-18-15(10-19)9-17-16(18)20-11-14-6-5-12(2)13(3)8-14/h5-6,8-9,19H,4,7,10-11H2,1-3H3. The Morgan fingerprint density at radius 1 is 1.25 bits per heavy atom. The molecule has 2 aromatic rings. The average molecular weight is 290 g/mol. The van der Waals surface area contributed by atoms with Crippen LogP contribution >= 0.6 is 11.8 Å². The highest BCUT2D eigenvalue weighted by Crippen LogP contribution is 2.24. The van der Waals surface area contributed by atoms with Gasteiger partial charge in [-0.05, 0) is 37.0 Å². The Kier molecular flexibility index (Phi) is 5.26. The topological polar surface area (TPSA) is 38.0 Å². The quantitative estimate of drug-likeness (QED) is 0.824. The highest BCUT2D eigenvalue weighted by Gasteiger charge is 2.09. The van der Waals surface area contributed by atoms with Gasteiger partial charge in [0.25, 0.3) is 0 Å². The third-order valence-electron chi connectivity index (χ3n) is 3.45. The molecule has 0 fully saturated rings. The van der Waals surface area contributed by atoms with Crippen LogP contribution in [0.3, 0.4) is 0 Å². The van der Waals surface area contributed by atoms with Gasteiger partial charge in [0, 0.05) is 12.3 Å². The molecule has 108 valence electrons. The lowest BCUT2D eigenvalue weighted by Crippen LogP contribution is -2.04. The van der Waals surface area contributed by atoms with Crippen molar-refractivity contribution < 1.29 is 5.11 Å². The Bertz CT molecular complexity index is 578. The normalized spacial score (nSPS) is 11.0.